The molecule has 3 heterocycles. The molecule has 11 aromatic carbocycles. The number of hydrogen-bond donors (Lipinski definition) is 0. The normalized spacial score (nSPS) is 11.8. The number of hydrogen-bond acceptors (Lipinski definition) is 3. The minimum atomic E-state index is 0.886. The third-order valence-electron chi connectivity index (χ3n) is 13.8. The Labute approximate surface area is 396 Å². The van der Waals surface area contributed by atoms with Gasteiger partial charge >= 0.3 is 0 Å². The number of furan rings is 1. The number of nitrogens with zero attached hydrogens (tertiary/aromatic N) is 2. The maximum absolute atomic E-state index is 6.64. The van der Waals surface area contributed by atoms with Crippen molar-refractivity contribution in [3.05, 3.63) is 243 Å². The second-order valence-electron chi connectivity index (χ2n) is 17.6. The monoisotopic (exact) mass is 884 g/mol. The quantitative estimate of drug-likeness (QED) is 0.159. The number of aromatic nitrogens is 1. The Kier molecular flexibility index (Phi) is 8.76. The van der Waals surface area contributed by atoms with Gasteiger partial charge < -0.3 is 13.9 Å². The summed E-state index contributed by atoms with van der Waals surface area (Å²) in [6.45, 7) is 0. The molecule has 0 saturated carbocycles. The van der Waals surface area contributed by atoms with Crippen LogP contribution in [0.15, 0.2) is 247 Å². The van der Waals surface area contributed by atoms with E-state index < -0.39 is 0 Å². The van der Waals surface area contributed by atoms with E-state index in [0.717, 1.165) is 66.8 Å². The summed E-state index contributed by atoms with van der Waals surface area (Å²) in [7, 11) is 0. The van der Waals surface area contributed by atoms with Crippen LogP contribution in [-0.4, -0.2) is 4.57 Å². The number of thiophene rings is 1. The predicted octanol–water partition coefficient (Wildman–Crippen LogP) is 18.7. The van der Waals surface area contributed by atoms with E-state index >= 15 is 0 Å². The molecule has 0 atom stereocenters. The van der Waals surface area contributed by atoms with Crippen molar-refractivity contribution in [2.24, 2.45) is 0 Å². The van der Waals surface area contributed by atoms with Crippen molar-refractivity contribution in [1.29, 1.82) is 0 Å². The van der Waals surface area contributed by atoms with E-state index in [-0.39, 0.29) is 0 Å². The molecule has 0 radical (unpaired) electrons. The van der Waals surface area contributed by atoms with Crippen molar-refractivity contribution in [3.63, 3.8) is 0 Å². The topological polar surface area (TPSA) is 21.3 Å². The molecule has 4 heteroatoms. The molecule has 3 aromatic heterocycles. The summed E-state index contributed by atoms with van der Waals surface area (Å²) in [5, 5.41) is 9.68. The summed E-state index contributed by atoms with van der Waals surface area (Å²) >= 11 is 1.86. The molecule has 0 fully saturated rings. The Morgan fingerprint density at radius 3 is 1.75 bits per heavy atom. The van der Waals surface area contributed by atoms with E-state index in [1.165, 1.54) is 64.1 Å². The van der Waals surface area contributed by atoms with Gasteiger partial charge in [0.15, 0.2) is 0 Å². The molecule has 0 aliphatic carbocycles. The minimum Gasteiger partial charge on any atom is -0.455 e. The molecular weight excluding hydrogens is 845 g/mol. The molecule has 0 saturated heterocycles. The highest BCUT2D eigenvalue weighted by Gasteiger charge is 2.20. The van der Waals surface area contributed by atoms with Gasteiger partial charge in [-0.3, -0.25) is 0 Å². The number of fused-ring (bicyclic) bond motifs is 11. The fourth-order valence-electron chi connectivity index (χ4n) is 10.6. The smallest absolute Gasteiger partial charge is 0.143 e. The molecule has 14 rings (SSSR count). The van der Waals surface area contributed by atoms with Gasteiger partial charge in [0.2, 0.25) is 0 Å². The summed E-state index contributed by atoms with van der Waals surface area (Å²) in [4.78, 5) is 2.38. The lowest BCUT2D eigenvalue weighted by atomic mass is 9.97. The molecule has 0 bridgehead atoms. The molecule has 0 aliphatic rings. The van der Waals surface area contributed by atoms with Crippen molar-refractivity contribution < 1.29 is 4.42 Å². The fourth-order valence-corrected chi connectivity index (χ4v) is 11.8. The summed E-state index contributed by atoms with van der Waals surface area (Å²) in [6, 6.07) is 88.2. The first-order valence-corrected chi connectivity index (χ1v) is 24.0. The van der Waals surface area contributed by atoms with Crippen LogP contribution in [0, 0.1) is 0 Å². The van der Waals surface area contributed by atoms with Crippen LogP contribution in [0.1, 0.15) is 0 Å². The predicted molar refractivity (Wildman–Crippen MR) is 289 cm³/mol. The number of anilines is 3. The number of rotatable bonds is 7. The molecule has 318 valence electrons. The van der Waals surface area contributed by atoms with Crippen LogP contribution in [0.3, 0.4) is 0 Å². The van der Waals surface area contributed by atoms with Crippen molar-refractivity contribution in [1.82, 2.24) is 4.57 Å². The Bertz CT molecular complexity index is 4210. The van der Waals surface area contributed by atoms with Gasteiger partial charge in [-0.1, -0.05) is 164 Å². The van der Waals surface area contributed by atoms with E-state index in [2.05, 4.69) is 252 Å². The highest BCUT2D eigenvalue weighted by Crippen LogP contribution is 2.44. The summed E-state index contributed by atoms with van der Waals surface area (Å²) in [5.41, 5.74) is 15.6. The number of para-hydroxylation sites is 3. The number of benzene rings is 11. The Hall–Kier alpha value is -8.70. The van der Waals surface area contributed by atoms with Crippen molar-refractivity contribution in [3.8, 4) is 39.1 Å². The second-order valence-corrected chi connectivity index (χ2v) is 18.7. The van der Waals surface area contributed by atoms with Crippen LogP contribution in [0.2, 0.25) is 0 Å². The molecule has 0 amide bonds. The highest BCUT2D eigenvalue weighted by atomic mass is 32.1. The first-order valence-electron chi connectivity index (χ1n) is 23.2. The van der Waals surface area contributed by atoms with Crippen LogP contribution in [0.25, 0.3) is 114 Å². The van der Waals surface area contributed by atoms with Crippen LogP contribution in [0.5, 0.6) is 0 Å². The molecule has 3 nitrogen and oxygen atoms in total. The van der Waals surface area contributed by atoms with Gasteiger partial charge in [-0.15, -0.1) is 11.3 Å². The lowest BCUT2D eigenvalue weighted by molar-refractivity contribution is 0.673. The van der Waals surface area contributed by atoms with Gasteiger partial charge in [-0.25, -0.2) is 0 Å². The maximum atomic E-state index is 6.64. The van der Waals surface area contributed by atoms with E-state index in [1.807, 2.05) is 11.3 Å². The summed E-state index contributed by atoms with van der Waals surface area (Å²) in [6.07, 6.45) is 0. The van der Waals surface area contributed by atoms with Crippen LogP contribution < -0.4 is 4.90 Å². The zero-order valence-electron chi connectivity index (χ0n) is 36.8. The second kappa shape index (κ2) is 15.5. The van der Waals surface area contributed by atoms with Crippen LogP contribution in [-0.2, 0) is 0 Å². The lowest BCUT2D eigenvalue weighted by Gasteiger charge is -2.26. The minimum absolute atomic E-state index is 0.886. The maximum Gasteiger partial charge on any atom is 0.143 e. The van der Waals surface area contributed by atoms with E-state index in [4.69, 9.17) is 4.42 Å². The Balaban J connectivity index is 0.897. The summed E-state index contributed by atoms with van der Waals surface area (Å²) < 4.78 is 11.7. The van der Waals surface area contributed by atoms with Gasteiger partial charge in [0.1, 0.15) is 11.2 Å². The molecular formula is C64H40N2OS. The van der Waals surface area contributed by atoms with Gasteiger partial charge in [0.05, 0.1) is 16.7 Å². The van der Waals surface area contributed by atoms with Crippen molar-refractivity contribution >= 4 is 103 Å². The lowest BCUT2D eigenvalue weighted by Crippen LogP contribution is -2.10. The zero-order valence-corrected chi connectivity index (χ0v) is 37.6. The zero-order chi connectivity index (χ0) is 44.7. The first-order chi connectivity index (χ1) is 33.7. The molecule has 0 N–H and O–H groups in total. The van der Waals surface area contributed by atoms with E-state index in [1.54, 1.807) is 0 Å². The van der Waals surface area contributed by atoms with Gasteiger partial charge in [-0.2, -0.15) is 0 Å². The molecule has 0 spiro atoms. The van der Waals surface area contributed by atoms with Gasteiger partial charge in [0, 0.05) is 69.7 Å². The Morgan fingerprint density at radius 1 is 0.353 bits per heavy atom. The average Bonchev–Trinajstić information content (AvgIpc) is 4.09. The average molecular weight is 885 g/mol. The van der Waals surface area contributed by atoms with Crippen LogP contribution >= 0.6 is 11.3 Å². The van der Waals surface area contributed by atoms with Gasteiger partial charge in [0.25, 0.3) is 0 Å². The van der Waals surface area contributed by atoms with Crippen molar-refractivity contribution in [2.45, 2.75) is 0 Å². The fraction of sp³-hybridized carbons (Fsp3) is 0. The molecule has 0 unspecified atom stereocenters. The Morgan fingerprint density at radius 2 is 0.956 bits per heavy atom. The van der Waals surface area contributed by atoms with Crippen LogP contribution in [0.4, 0.5) is 17.1 Å². The SMILES string of the molecule is c1cc(-c2cccc3oc4c5ccccc5ccc4c23)cc(N(c2ccc(-c3ccc4c(c3)sc3ccccc34)cc2)c2ccc(-c3ccccc3-n3c4ccccc4c4ccccc43)cc2)c1. The molecule has 14 aromatic rings. The largest absolute Gasteiger partial charge is 0.455 e. The third-order valence-corrected chi connectivity index (χ3v) is 14.9. The van der Waals surface area contributed by atoms with Gasteiger partial charge in [-0.05, 0) is 112 Å². The molecule has 0 aliphatic heterocycles. The third kappa shape index (κ3) is 6.12. The van der Waals surface area contributed by atoms with E-state index in [0.29, 0.717) is 0 Å². The van der Waals surface area contributed by atoms with E-state index in [9.17, 15) is 0 Å². The molecule has 68 heavy (non-hydrogen) atoms. The highest BCUT2D eigenvalue weighted by molar-refractivity contribution is 7.25. The van der Waals surface area contributed by atoms with Crippen molar-refractivity contribution in [2.75, 3.05) is 4.90 Å². The summed E-state index contributed by atoms with van der Waals surface area (Å²) in [5.74, 6) is 0. The standard InChI is InChI=1S/C64H40N2OS/c1-2-17-51-42(13-1)31-38-56-63-50(21-12-25-60(63)67-64(51)56)45-14-11-15-48(39-45)65(46-33-27-41(28-34-46)44-32-37-55-54-20-6-10-26-61(54)68-62(55)40-44)47-35-29-43(30-36-47)49-16-3-7-22-57(49)66-58-23-8-4-18-52(58)53-19-5-9-24-59(53)66/h1-40H. The first kappa shape index (κ1) is 38.6.